The first-order chi connectivity index (χ1) is 8.63. The van der Waals surface area contributed by atoms with Gasteiger partial charge in [0.15, 0.2) is 0 Å². The molecule has 0 radical (unpaired) electrons. The molecule has 2 nitrogen and oxygen atoms in total. The minimum absolute atomic E-state index is 0.178. The van der Waals surface area contributed by atoms with Gasteiger partial charge in [-0.2, -0.15) is 5.26 Å². The van der Waals surface area contributed by atoms with E-state index in [1.54, 1.807) is 13.0 Å². The quantitative estimate of drug-likeness (QED) is 0.645. The van der Waals surface area contributed by atoms with Gasteiger partial charge in [0.2, 0.25) is 0 Å². The lowest BCUT2D eigenvalue weighted by atomic mass is 9.74. The number of carbonyl (C=O) groups excluding carboxylic acids is 1. The molecule has 0 saturated carbocycles. The highest BCUT2D eigenvalue weighted by Gasteiger charge is 2.31. The fourth-order valence-corrected chi connectivity index (χ4v) is 2.15. The summed E-state index contributed by atoms with van der Waals surface area (Å²) in [6.45, 7) is 5.37. The second-order valence-corrected chi connectivity index (χ2v) is 4.74. The molecule has 0 bridgehead atoms. The Morgan fingerprint density at radius 2 is 2.00 bits per heavy atom. The summed E-state index contributed by atoms with van der Waals surface area (Å²) in [5.74, 6) is 0.319. The molecule has 0 heterocycles. The lowest BCUT2D eigenvalue weighted by molar-refractivity contribution is -0.124. The first-order valence-electron chi connectivity index (χ1n) is 6.79. The maximum atomic E-state index is 11.7. The lowest BCUT2D eigenvalue weighted by Crippen LogP contribution is -2.27. The van der Waals surface area contributed by atoms with Gasteiger partial charge < -0.3 is 0 Å². The van der Waals surface area contributed by atoms with Gasteiger partial charge in [-0.05, 0) is 19.8 Å². The molecular formula is C16H25NO. The molecule has 1 aliphatic rings. The van der Waals surface area contributed by atoms with Gasteiger partial charge in [-0.15, -0.1) is 0 Å². The van der Waals surface area contributed by atoms with Crippen molar-refractivity contribution >= 4 is 5.78 Å². The molecule has 0 aromatic carbocycles. The second-order valence-electron chi connectivity index (χ2n) is 4.74. The zero-order valence-electron chi connectivity index (χ0n) is 11.9. The van der Waals surface area contributed by atoms with E-state index in [1.807, 2.05) is 12.2 Å². The molecule has 0 aliphatic heterocycles. The van der Waals surface area contributed by atoms with E-state index in [0.29, 0.717) is 5.78 Å². The number of hydrogen-bond donors (Lipinski definition) is 0. The summed E-state index contributed by atoms with van der Waals surface area (Å²) in [6.07, 6.45) is 15.1. The van der Waals surface area contributed by atoms with Gasteiger partial charge in [0, 0.05) is 6.92 Å². The molecule has 0 aromatic heterocycles. The monoisotopic (exact) mass is 247 g/mol. The van der Waals surface area contributed by atoms with Crippen molar-refractivity contribution in [3.8, 4) is 6.07 Å². The van der Waals surface area contributed by atoms with Gasteiger partial charge in [0.1, 0.15) is 5.78 Å². The van der Waals surface area contributed by atoms with Crippen LogP contribution in [-0.4, -0.2) is 5.78 Å². The van der Waals surface area contributed by atoms with Crippen LogP contribution in [-0.2, 0) is 4.79 Å². The highest BCUT2D eigenvalue weighted by molar-refractivity contribution is 5.84. The van der Waals surface area contributed by atoms with E-state index in [0.717, 1.165) is 12.8 Å². The van der Waals surface area contributed by atoms with Gasteiger partial charge in [-0.1, -0.05) is 56.9 Å². The second kappa shape index (κ2) is 9.65. The predicted molar refractivity (Wildman–Crippen MR) is 76.1 cm³/mol. The number of Topliss-reactive ketones (excluding diaryl/α,β-unsaturated/α-hetero) is 1. The molecule has 0 aromatic rings. The molecule has 1 rings (SSSR count). The third-order valence-corrected chi connectivity index (χ3v) is 3.32. The van der Waals surface area contributed by atoms with Crippen molar-refractivity contribution in [3.63, 3.8) is 0 Å². The Labute approximate surface area is 111 Å². The molecule has 18 heavy (non-hydrogen) atoms. The smallest absolute Gasteiger partial charge is 0.140 e. The van der Waals surface area contributed by atoms with Crippen LogP contribution in [0.5, 0.6) is 0 Å². The van der Waals surface area contributed by atoms with Crippen molar-refractivity contribution in [1.29, 1.82) is 5.26 Å². The maximum Gasteiger partial charge on any atom is 0.140 e. The Bertz CT molecular complexity index is 335. The van der Waals surface area contributed by atoms with Crippen molar-refractivity contribution in [3.05, 3.63) is 24.3 Å². The summed E-state index contributed by atoms with van der Waals surface area (Å²) in [7, 11) is 0. The molecule has 1 atom stereocenters. The fourth-order valence-electron chi connectivity index (χ4n) is 2.15. The summed E-state index contributed by atoms with van der Waals surface area (Å²) in [5.41, 5.74) is -0.178. The van der Waals surface area contributed by atoms with Gasteiger partial charge in [-0.3, -0.25) is 4.79 Å². The van der Waals surface area contributed by atoms with Crippen molar-refractivity contribution in [2.24, 2.45) is 5.41 Å². The van der Waals surface area contributed by atoms with Crippen LogP contribution in [0.15, 0.2) is 24.3 Å². The molecule has 100 valence electrons. The minimum Gasteiger partial charge on any atom is -0.299 e. The number of carbonyl (C=O) groups is 1. The highest BCUT2D eigenvalue weighted by atomic mass is 16.1. The van der Waals surface area contributed by atoms with E-state index in [4.69, 9.17) is 5.26 Å². The highest BCUT2D eigenvalue weighted by Crippen LogP contribution is 2.34. The normalized spacial score (nSPS) is 20.8. The molecule has 0 fully saturated rings. The molecule has 1 aliphatic carbocycles. The molecule has 0 saturated heterocycles. The van der Waals surface area contributed by atoms with Crippen molar-refractivity contribution in [1.82, 2.24) is 0 Å². The van der Waals surface area contributed by atoms with Crippen LogP contribution in [0.3, 0.4) is 0 Å². The van der Waals surface area contributed by atoms with Gasteiger partial charge in [0.05, 0.1) is 11.5 Å². The van der Waals surface area contributed by atoms with Gasteiger partial charge in [0.25, 0.3) is 0 Å². The zero-order valence-corrected chi connectivity index (χ0v) is 11.9. The van der Waals surface area contributed by atoms with Crippen LogP contribution in [0, 0.1) is 16.7 Å². The molecule has 1 unspecified atom stereocenters. The van der Waals surface area contributed by atoms with Crippen LogP contribution < -0.4 is 0 Å². The molecule has 0 amide bonds. The number of unbranched alkanes of at least 4 members (excludes halogenated alkanes) is 3. The van der Waals surface area contributed by atoms with Crippen LogP contribution in [0.25, 0.3) is 0 Å². The fraction of sp³-hybridized carbons (Fsp3) is 0.625. The number of rotatable bonds is 6. The molecular weight excluding hydrogens is 222 g/mol. The predicted octanol–water partition coefficient (Wildman–Crippen LogP) is 4.58. The van der Waals surface area contributed by atoms with Gasteiger partial charge in [-0.25, -0.2) is 0 Å². The lowest BCUT2D eigenvalue weighted by Gasteiger charge is -2.28. The Kier molecular flexibility index (Phi) is 8.92. The summed E-state index contributed by atoms with van der Waals surface area (Å²) in [4.78, 5) is 11.7. The van der Waals surface area contributed by atoms with E-state index in [2.05, 4.69) is 19.1 Å². The third kappa shape index (κ3) is 5.82. The van der Waals surface area contributed by atoms with E-state index in [1.165, 1.54) is 32.6 Å². The van der Waals surface area contributed by atoms with E-state index < -0.39 is 0 Å². The Morgan fingerprint density at radius 3 is 2.44 bits per heavy atom. The van der Waals surface area contributed by atoms with Crippen LogP contribution >= 0.6 is 0 Å². The zero-order chi connectivity index (χ0) is 13.9. The molecule has 0 N–H and O–H groups in total. The third-order valence-electron chi connectivity index (χ3n) is 3.32. The number of allylic oxidation sites excluding steroid dienone is 4. The van der Waals surface area contributed by atoms with Crippen molar-refractivity contribution < 1.29 is 4.79 Å². The largest absolute Gasteiger partial charge is 0.299 e. The van der Waals surface area contributed by atoms with E-state index in [-0.39, 0.29) is 5.41 Å². The first kappa shape index (κ1) is 16.6. The van der Waals surface area contributed by atoms with Crippen LogP contribution in [0.4, 0.5) is 0 Å². The standard InChI is InChI=1S/C14H22O.C2H3N/c1-3-4-5-7-10-14(13(2)15)11-8-6-9-12-14;1-2-3/h6,8-9,11H,3-5,7,10,12H2,1-2H3;1H3. The van der Waals surface area contributed by atoms with Crippen molar-refractivity contribution in [2.45, 2.75) is 59.3 Å². The average Bonchev–Trinajstić information content (AvgIpc) is 2.37. The SMILES string of the molecule is CC#N.CCCCCCC1(C(C)=O)C=CC=CC1. The number of ketones is 1. The number of nitriles is 1. The number of hydrogen-bond acceptors (Lipinski definition) is 2. The maximum absolute atomic E-state index is 11.7. The van der Waals surface area contributed by atoms with Crippen LogP contribution in [0.2, 0.25) is 0 Å². The van der Waals surface area contributed by atoms with Crippen molar-refractivity contribution in [2.75, 3.05) is 0 Å². The topological polar surface area (TPSA) is 40.9 Å². The summed E-state index contributed by atoms with van der Waals surface area (Å²) < 4.78 is 0. The first-order valence-corrected chi connectivity index (χ1v) is 6.79. The average molecular weight is 247 g/mol. The Balaban J connectivity index is 0.000000873. The minimum atomic E-state index is -0.178. The summed E-state index contributed by atoms with van der Waals surface area (Å²) in [5, 5.41) is 7.32. The van der Waals surface area contributed by atoms with E-state index >= 15 is 0 Å². The van der Waals surface area contributed by atoms with E-state index in [9.17, 15) is 4.79 Å². The van der Waals surface area contributed by atoms with Gasteiger partial charge >= 0.3 is 0 Å². The molecule has 0 spiro atoms. The Morgan fingerprint density at radius 1 is 1.33 bits per heavy atom. The van der Waals surface area contributed by atoms with Crippen LogP contribution in [0.1, 0.15) is 59.3 Å². The summed E-state index contributed by atoms with van der Waals surface area (Å²) >= 11 is 0. The molecule has 2 heteroatoms. The number of nitrogens with zero attached hydrogens (tertiary/aromatic N) is 1. The Hall–Kier alpha value is -1.36. The summed E-state index contributed by atoms with van der Waals surface area (Å²) in [6, 6.07) is 1.75.